The van der Waals surface area contributed by atoms with E-state index >= 15 is 0 Å². The van der Waals surface area contributed by atoms with Gasteiger partial charge in [-0.05, 0) is 67.9 Å². The molecule has 0 heterocycles. The maximum absolute atomic E-state index is 4.18. The van der Waals surface area contributed by atoms with Crippen LogP contribution in [0.2, 0.25) is 0 Å². The molecule has 0 saturated heterocycles. The highest BCUT2D eigenvalue weighted by molar-refractivity contribution is 5.49. The Morgan fingerprint density at radius 3 is 2.60 bits per heavy atom. The summed E-state index contributed by atoms with van der Waals surface area (Å²) in [6.07, 6.45) is 18.3. The van der Waals surface area contributed by atoms with Crippen molar-refractivity contribution in [3.8, 4) is 0 Å². The Kier molecular flexibility index (Phi) is 6.79. The van der Waals surface area contributed by atoms with Gasteiger partial charge in [0.25, 0.3) is 0 Å². The van der Waals surface area contributed by atoms with Crippen LogP contribution in [-0.4, -0.2) is 0 Å². The van der Waals surface area contributed by atoms with Crippen LogP contribution < -0.4 is 0 Å². The molecular formula is C20H26. The van der Waals surface area contributed by atoms with Crippen LogP contribution in [0, 0.1) is 0 Å². The summed E-state index contributed by atoms with van der Waals surface area (Å²) < 4.78 is 0. The van der Waals surface area contributed by atoms with E-state index in [0.29, 0.717) is 0 Å². The average molecular weight is 266 g/mol. The molecule has 0 unspecified atom stereocenters. The van der Waals surface area contributed by atoms with E-state index in [4.69, 9.17) is 0 Å². The summed E-state index contributed by atoms with van der Waals surface area (Å²) in [5.41, 5.74) is 6.17. The van der Waals surface area contributed by atoms with Crippen molar-refractivity contribution < 1.29 is 0 Å². The van der Waals surface area contributed by atoms with Gasteiger partial charge in [-0.2, -0.15) is 0 Å². The first kappa shape index (κ1) is 16.2. The Labute approximate surface area is 124 Å². The third-order valence-electron chi connectivity index (χ3n) is 3.53. The topological polar surface area (TPSA) is 0 Å². The van der Waals surface area contributed by atoms with Gasteiger partial charge in [0.1, 0.15) is 0 Å². The molecule has 0 N–H and O–H groups in total. The zero-order valence-electron chi connectivity index (χ0n) is 13.1. The second-order valence-corrected chi connectivity index (χ2v) is 5.17. The van der Waals surface area contributed by atoms with E-state index in [0.717, 1.165) is 24.8 Å². The molecule has 0 aromatic rings. The normalized spacial score (nSPS) is 16.9. The Bertz CT molecular complexity index is 516. The molecule has 106 valence electrons. The lowest BCUT2D eigenvalue weighted by molar-refractivity contribution is 1.000. The predicted octanol–water partition coefficient (Wildman–Crippen LogP) is 6.23. The summed E-state index contributed by atoms with van der Waals surface area (Å²) in [7, 11) is 0. The lowest BCUT2D eigenvalue weighted by Crippen LogP contribution is -1.91. The van der Waals surface area contributed by atoms with Crippen molar-refractivity contribution in [1.29, 1.82) is 0 Å². The first-order valence-corrected chi connectivity index (χ1v) is 7.27. The van der Waals surface area contributed by atoms with Crippen LogP contribution >= 0.6 is 0 Å². The Morgan fingerprint density at radius 1 is 1.30 bits per heavy atom. The van der Waals surface area contributed by atoms with Gasteiger partial charge in [0, 0.05) is 0 Å². The van der Waals surface area contributed by atoms with Gasteiger partial charge in [-0.1, -0.05) is 55.7 Å². The van der Waals surface area contributed by atoms with E-state index in [1.807, 2.05) is 13.0 Å². The molecule has 0 atom stereocenters. The summed E-state index contributed by atoms with van der Waals surface area (Å²) in [6.45, 7) is 14.4. The summed E-state index contributed by atoms with van der Waals surface area (Å²) >= 11 is 0. The second-order valence-electron chi connectivity index (χ2n) is 5.17. The van der Waals surface area contributed by atoms with E-state index in [2.05, 4.69) is 63.5 Å². The average Bonchev–Trinajstić information content (AvgIpc) is 2.45. The maximum atomic E-state index is 4.18. The Balaban J connectivity index is 2.85. The van der Waals surface area contributed by atoms with E-state index in [1.165, 1.54) is 22.3 Å². The van der Waals surface area contributed by atoms with Crippen molar-refractivity contribution in [1.82, 2.24) is 0 Å². The molecule has 0 nitrogen and oxygen atoms in total. The first-order chi connectivity index (χ1) is 9.58. The molecule has 0 amide bonds. The van der Waals surface area contributed by atoms with Crippen LogP contribution in [0.3, 0.4) is 0 Å². The van der Waals surface area contributed by atoms with E-state index < -0.39 is 0 Å². The summed E-state index contributed by atoms with van der Waals surface area (Å²) in [5.74, 6) is 0. The van der Waals surface area contributed by atoms with Crippen LogP contribution in [0.25, 0.3) is 0 Å². The van der Waals surface area contributed by atoms with Crippen LogP contribution in [-0.2, 0) is 0 Å². The second kappa shape index (κ2) is 8.37. The zero-order valence-corrected chi connectivity index (χ0v) is 13.1. The smallest absolute Gasteiger partial charge is 0.00976 e. The third-order valence-corrected chi connectivity index (χ3v) is 3.53. The van der Waals surface area contributed by atoms with Crippen LogP contribution in [0.15, 0.2) is 83.6 Å². The Morgan fingerprint density at radius 2 is 2.00 bits per heavy atom. The van der Waals surface area contributed by atoms with Gasteiger partial charge in [0.05, 0.1) is 0 Å². The van der Waals surface area contributed by atoms with Crippen LogP contribution in [0.5, 0.6) is 0 Å². The molecule has 0 fully saturated rings. The first-order valence-electron chi connectivity index (χ1n) is 7.27. The fourth-order valence-corrected chi connectivity index (χ4v) is 2.11. The minimum Gasteiger partial charge on any atom is -0.0988 e. The molecule has 1 aliphatic carbocycles. The van der Waals surface area contributed by atoms with Gasteiger partial charge < -0.3 is 0 Å². The predicted molar refractivity (Wildman–Crippen MR) is 91.7 cm³/mol. The third kappa shape index (κ3) is 5.05. The van der Waals surface area contributed by atoms with Gasteiger partial charge in [-0.15, -0.1) is 0 Å². The molecule has 0 bridgehead atoms. The summed E-state index contributed by atoms with van der Waals surface area (Å²) in [4.78, 5) is 0. The molecule has 20 heavy (non-hydrogen) atoms. The Hall–Kier alpha value is -1.82. The molecule has 0 heteroatoms. The number of hydrogen-bond acceptors (Lipinski definition) is 0. The van der Waals surface area contributed by atoms with Crippen LogP contribution in [0.4, 0.5) is 0 Å². The lowest BCUT2D eigenvalue weighted by atomic mass is 9.95. The van der Waals surface area contributed by atoms with Gasteiger partial charge >= 0.3 is 0 Å². The number of hydrogen-bond donors (Lipinski definition) is 0. The maximum Gasteiger partial charge on any atom is -0.00976 e. The highest BCUT2D eigenvalue weighted by Gasteiger charge is 2.03. The molecule has 0 aromatic carbocycles. The number of allylic oxidation sites excluding steroid dienone is 12. The van der Waals surface area contributed by atoms with Gasteiger partial charge in [-0.3, -0.25) is 0 Å². The van der Waals surface area contributed by atoms with Gasteiger partial charge in [0.15, 0.2) is 0 Å². The van der Waals surface area contributed by atoms with Crippen molar-refractivity contribution in [3.05, 3.63) is 83.6 Å². The van der Waals surface area contributed by atoms with E-state index in [1.54, 1.807) is 0 Å². The fraction of sp³-hybridized carbons (Fsp3) is 0.300. The summed E-state index contributed by atoms with van der Waals surface area (Å²) in [6, 6.07) is 0. The van der Waals surface area contributed by atoms with Crippen LogP contribution in [0.1, 0.15) is 40.0 Å². The molecule has 0 spiro atoms. The SMILES string of the molecule is C=C/C(=C/C(=C)/C(C)=C\C1=CCCC=C1C)C/C=C\C. The van der Waals surface area contributed by atoms with Gasteiger partial charge in [-0.25, -0.2) is 0 Å². The minimum absolute atomic E-state index is 0.911. The van der Waals surface area contributed by atoms with Crippen molar-refractivity contribution in [2.45, 2.75) is 40.0 Å². The van der Waals surface area contributed by atoms with Crippen molar-refractivity contribution >= 4 is 0 Å². The molecule has 1 rings (SSSR count). The molecule has 0 aliphatic heterocycles. The monoisotopic (exact) mass is 266 g/mol. The molecule has 0 radical (unpaired) electrons. The molecule has 0 aromatic heterocycles. The highest BCUT2D eigenvalue weighted by atomic mass is 14.1. The highest BCUT2D eigenvalue weighted by Crippen LogP contribution is 2.23. The minimum atomic E-state index is 0.911. The number of rotatable bonds is 6. The lowest BCUT2D eigenvalue weighted by Gasteiger charge is -2.11. The fourth-order valence-electron chi connectivity index (χ4n) is 2.11. The summed E-state index contributed by atoms with van der Waals surface area (Å²) in [5, 5.41) is 0. The zero-order chi connectivity index (χ0) is 15.0. The standard InChI is InChI=1S/C20H26/c1-6-8-12-19(7-2)14-17(4)18(5)15-20-13-10-9-11-16(20)3/h6-8,11,13-15H,2,4,9-10,12H2,1,3,5H3/b8-6-,18-15-,19-14-. The molecular weight excluding hydrogens is 240 g/mol. The van der Waals surface area contributed by atoms with E-state index in [-0.39, 0.29) is 0 Å². The van der Waals surface area contributed by atoms with E-state index in [9.17, 15) is 0 Å². The molecule has 0 saturated carbocycles. The largest absolute Gasteiger partial charge is 0.0988 e. The van der Waals surface area contributed by atoms with Crippen molar-refractivity contribution in [3.63, 3.8) is 0 Å². The van der Waals surface area contributed by atoms with Crippen molar-refractivity contribution in [2.24, 2.45) is 0 Å². The quantitative estimate of drug-likeness (QED) is 0.394. The van der Waals surface area contributed by atoms with Crippen molar-refractivity contribution in [2.75, 3.05) is 0 Å². The molecule has 1 aliphatic rings. The van der Waals surface area contributed by atoms with Gasteiger partial charge in [0.2, 0.25) is 0 Å².